The summed E-state index contributed by atoms with van der Waals surface area (Å²) in [6.07, 6.45) is 1.54. The molecule has 2 amide bonds. The van der Waals surface area contributed by atoms with Crippen molar-refractivity contribution in [1.29, 1.82) is 0 Å². The van der Waals surface area contributed by atoms with Crippen molar-refractivity contribution in [2.24, 2.45) is 0 Å². The Hall–Kier alpha value is -3.26. The second kappa shape index (κ2) is 8.23. The number of hydrogen-bond donors (Lipinski definition) is 2. The van der Waals surface area contributed by atoms with E-state index in [1.165, 1.54) is 41.1 Å². The van der Waals surface area contributed by atoms with Gasteiger partial charge in [-0.25, -0.2) is 4.39 Å². The average Bonchev–Trinajstić information content (AvgIpc) is 3.25. The Morgan fingerprint density at radius 1 is 1.27 bits per heavy atom. The third kappa shape index (κ3) is 3.91. The normalized spacial score (nSPS) is 15.7. The number of furan rings is 1. The molecular weight excluding hydrogens is 407 g/mol. The first-order valence-corrected chi connectivity index (χ1v) is 10.2. The van der Waals surface area contributed by atoms with Crippen molar-refractivity contribution in [2.75, 3.05) is 4.90 Å². The molecule has 0 saturated heterocycles. The van der Waals surface area contributed by atoms with Gasteiger partial charge in [0, 0.05) is 16.0 Å². The number of fused-ring (bicyclic) bond motifs is 1. The fraction of sp³-hybridized carbons (Fsp3) is 0.182. The van der Waals surface area contributed by atoms with Gasteiger partial charge in [0.1, 0.15) is 17.3 Å². The number of nitrogens with zero attached hydrogens (tertiary/aromatic N) is 1. The van der Waals surface area contributed by atoms with Gasteiger partial charge in [-0.15, -0.1) is 11.8 Å². The van der Waals surface area contributed by atoms with Crippen LogP contribution in [0.5, 0.6) is 5.75 Å². The zero-order valence-corrected chi connectivity index (χ0v) is 16.9. The fourth-order valence-corrected chi connectivity index (χ4v) is 4.36. The smallest absolute Gasteiger partial charge is 0.251 e. The Labute approximate surface area is 176 Å². The van der Waals surface area contributed by atoms with Crippen molar-refractivity contribution in [3.8, 4) is 5.75 Å². The number of carbonyl (C=O) groups excluding carboxylic acids is 2. The van der Waals surface area contributed by atoms with Gasteiger partial charge in [-0.1, -0.05) is 6.07 Å². The molecule has 4 rings (SSSR count). The first-order chi connectivity index (χ1) is 14.4. The molecule has 0 aliphatic carbocycles. The summed E-state index contributed by atoms with van der Waals surface area (Å²) < 4.78 is 19.4. The number of thioether (sulfide) groups is 1. The van der Waals surface area contributed by atoms with Crippen LogP contribution in [-0.4, -0.2) is 22.2 Å². The molecule has 2 heterocycles. The molecule has 0 bridgehead atoms. The SMILES string of the molecule is CC1Sc2cc(C(=O)NCc3ccco3)ccc2N(Cc2c(O)cccc2F)C1=O. The van der Waals surface area contributed by atoms with Gasteiger partial charge in [0.2, 0.25) is 5.91 Å². The summed E-state index contributed by atoms with van der Waals surface area (Å²) in [6.45, 7) is 1.93. The largest absolute Gasteiger partial charge is 0.507 e. The Balaban J connectivity index is 1.60. The summed E-state index contributed by atoms with van der Waals surface area (Å²) in [5, 5.41) is 12.4. The number of halogens is 1. The van der Waals surface area contributed by atoms with Gasteiger partial charge >= 0.3 is 0 Å². The number of anilines is 1. The van der Waals surface area contributed by atoms with Gasteiger partial charge in [0.25, 0.3) is 5.91 Å². The molecule has 1 aromatic heterocycles. The lowest BCUT2D eigenvalue weighted by atomic mass is 10.1. The van der Waals surface area contributed by atoms with E-state index in [-0.39, 0.29) is 36.2 Å². The Morgan fingerprint density at radius 2 is 2.10 bits per heavy atom. The first kappa shape index (κ1) is 20.0. The van der Waals surface area contributed by atoms with Crippen molar-refractivity contribution >= 4 is 29.3 Å². The molecule has 0 spiro atoms. The van der Waals surface area contributed by atoms with Crippen LogP contribution in [-0.2, 0) is 17.9 Å². The molecule has 6 nitrogen and oxygen atoms in total. The van der Waals surface area contributed by atoms with E-state index in [9.17, 15) is 19.1 Å². The van der Waals surface area contributed by atoms with Crippen LogP contribution in [0.25, 0.3) is 0 Å². The second-order valence-corrected chi connectivity index (χ2v) is 8.25. The van der Waals surface area contributed by atoms with Crippen LogP contribution < -0.4 is 10.2 Å². The second-order valence-electron chi connectivity index (χ2n) is 6.87. The highest BCUT2D eigenvalue weighted by atomic mass is 32.2. The molecule has 154 valence electrons. The predicted octanol–water partition coefficient (Wildman–Crippen LogP) is 4.08. The lowest BCUT2D eigenvalue weighted by Crippen LogP contribution is -2.39. The molecule has 2 N–H and O–H groups in total. The van der Waals surface area contributed by atoms with E-state index >= 15 is 0 Å². The third-order valence-corrected chi connectivity index (χ3v) is 5.98. The van der Waals surface area contributed by atoms with Crippen LogP contribution in [0, 0.1) is 5.82 Å². The van der Waals surface area contributed by atoms with Crippen molar-refractivity contribution in [2.45, 2.75) is 30.2 Å². The minimum atomic E-state index is -0.579. The summed E-state index contributed by atoms with van der Waals surface area (Å²) in [5.74, 6) is -0.595. The average molecular weight is 426 g/mol. The Bertz CT molecular complexity index is 1080. The monoisotopic (exact) mass is 426 g/mol. The molecule has 1 atom stereocenters. The topological polar surface area (TPSA) is 82.8 Å². The van der Waals surface area contributed by atoms with Crippen molar-refractivity contribution in [3.05, 3.63) is 77.5 Å². The van der Waals surface area contributed by atoms with Gasteiger partial charge in [0.15, 0.2) is 0 Å². The van der Waals surface area contributed by atoms with Gasteiger partial charge in [-0.2, -0.15) is 0 Å². The zero-order chi connectivity index (χ0) is 21.3. The number of phenols is 1. The number of rotatable bonds is 5. The number of benzene rings is 2. The highest BCUT2D eigenvalue weighted by Gasteiger charge is 2.32. The first-order valence-electron chi connectivity index (χ1n) is 9.33. The molecular formula is C22H19FN2O4S. The molecule has 1 aliphatic heterocycles. The minimum Gasteiger partial charge on any atom is -0.507 e. The van der Waals surface area contributed by atoms with Crippen LogP contribution in [0.2, 0.25) is 0 Å². The van der Waals surface area contributed by atoms with Crippen LogP contribution in [0.1, 0.15) is 28.6 Å². The molecule has 0 radical (unpaired) electrons. The van der Waals surface area contributed by atoms with E-state index in [2.05, 4.69) is 5.32 Å². The number of carbonyl (C=O) groups is 2. The number of amides is 2. The molecule has 30 heavy (non-hydrogen) atoms. The molecule has 3 aromatic rings. The standard InChI is InChI=1S/C22H19FN2O4S/c1-13-22(28)25(12-16-17(23)5-2-6-19(16)26)18-8-7-14(10-20(18)30-13)21(27)24-11-15-4-3-9-29-15/h2-10,13,26H,11-12H2,1H3,(H,24,27). The summed E-state index contributed by atoms with van der Waals surface area (Å²) >= 11 is 1.34. The highest BCUT2D eigenvalue weighted by Crippen LogP contribution is 2.41. The van der Waals surface area contributed by atoms with Crippen molar-refractivity contribution in [3.63, 3.8) is 0 Å². The molecule has 2 aromatic carbocycles. The number of hydrogen-bond acceptors (Lipinski definition) is 5. The highest BCUT2D eigenvalue weighted by molar-refractivity contribution is 8.01. The van der Waals surface area contributed by atoms with Gasteiger partial charge in [-0.3, -0.25) is 9.59 Å². The summed E-state index contributed by atoms with van der Waals surface area (Å²) in [5.41, 5.74) is 1.08. The quantitative estimate of drug-likeness (QED) is 0.642. The molecule has 1 aliphatic rings. The van der Waals surface area contributed by atoms with E-state index in [0.29, 0.717) is 17.0 Å². The van der Waals surface area contributed by atoms with Crippen molar-refractivity contribution in [1.82, 2.24) is 5.32 Å². The maximum absolute atomic E-state index is 14.2. The molecule has 0 fully saturated rings. The summed E-state index contributed by atoms with van der Waals surface area (Å²) in [4.78, 5) is 27.5. The van der Waals surface area contributed by atoms with E-state index in [4.69, 9.17) is 4.42 Å². The number of phenolic OH excluding ortho intramolecular Hbond substituents is 1. The van der Waals surface area contributed by atoms with Crippen LogP contribution >= 0.6 is 11.8 Å². The van der Waals surface area contributed by atoms with Crippen LogP contribution in [0.4, 0.5) is 10.1 Å². The van der Waals surface area contributed by atoms with E-state index < -0.39 is 11.1 Å². The number of nitrogens with one attached hydrogen (secondary N) is 1. The fourth-order valence-electron chi connectivity index (χ4n) is 3.26. The van der Waals surface area contributed by atoms with Gasteiger partial charge < -0.3 is 19.7 Å². The predicted molar refractivity (Wildman–Crippen MR) is 111 cm³/mol. The lowest BCUT2D eigenvalue weighted by Gasteiger charge is -2.33. The van der Waals surface area contributed by atoms with Gasteiger partial charge in [-0.05, 0) is 49.4 Å². The summed E-state index contributed by atoms with van der Waals surface area (Å²) in [7, 11) is 0. The minimum absolute atomic E-state index is 0.0520. The van der Waals surface area contributed by atoms with E-state index in [1.807, 2.05) is 0 Å². The number of aromatic hydroxyl groups is 1. The summed E-state index contributed by atoms with van der Waals surface area (Å²) in [6, 6.07) is 12.6. The third-order valence-electron chi connectivity index (χ3n) is 4.84. The van der Waals surface area contributed by atoms with Crippen molar-refractivity contribution < 1.29 is 23.5 Å². The lowest BCUT2D eigenvalue weighted by molar-refractivity contribution is -0.118. The Morgan fingerprint density at radius 3 is 2.83 bits per heavy atom. The molecule has 8 heteroatoms. The maximum Gasteiger partial charge on any atom is 0.251 e. The zero-order valence-electron chi connectivity index (χ0n) is 16.1. The van der Waals surface area contributed by atoms with E-state index in [0.717, 1.165) is 4.90 Å². The molecule has 0 saturated carbocycles. The Kier molecular flexibility index (Phi) is 5.50. The molecule has 1 unspecified atom stereocenters. The van der Waals surface area contributed by atoms with Crippen LogP contribution in [0.3, 0.4) is 0 Å². The van der Waals surface area contributed by atoms with E-state index in [1.54, 1.807) is 37.3 Å². The maximum atomic E-state index is 14.2. The van der Waals surface area contributed by atoms with Crippen LogP contribution in [0.15, 0.2) is 64.1 Å². The van der Waals surface area contributed by atoms with Gasteiger partial charge in [0.05, 0.1) is 30.3 Å².